The molecule has 1 heterocycles. The number of ether oxygens (including phenoxy) is 1. The zero-order valence-electron chi connectivity index (χ0n) is 17.6. The van der Waals surface area contributed by atoms with Crippen molar-refractivity contribution in [2.24, 2.45) is 5.92 Å². The van der Waals surface area contributed by atoms with Gasteiger partial charge < -0.3 is 15.4 Å². The van der Waals surface area contributed by atoms with Crippen molar-refractivity contribution >= 4 is 29.0 Å². The summed E-state index contributed by atoms with van der Waals surface area (Å²) in [6, 6.07) is 6.69. The number of benzene rings is 1. The molecule has 0 bridgehead atoms. The van der Waals surface area contributed by atoms with Crippen molar-refractivity contribution in [3.63, 3.8) is 0 Å². The van der Waals surface area contributed by atoms with Gasteiger partial charge in [-0.1, -0.05) is 44.9 Å². The number of nitrogen functional groups attached to an aromatic ring is 1. The first-order valence-corrected chi connectivity index (χ1v) is 10.4. The van der Waals surface area contributed by atoms with E-state index >= 15 is 0 Å². The van der Waals surface area contributed by atoms with Gasteiger partial charge in [-0.05, 0) is 37.0 Å². The number of nitrogens with one attached hydrogen (secondary N) is 1. The highest BCUT2D eigenvalue weighted by Crippen LogP contribution is 2.21. The number of halogens is 1. The van der Waals surface area contributed by atoms with Crippen LogP contribution in [0, 0.1) is 5.92 Å². The van der Waals surface area contributed by atoms with Gasteiger partial charge in [0.05, 0.1) is 0 Å². The molecule has 0 saturated carbocycles. The lowest BCUT2D eigenvalue weighted by molar-refractivity contribution is -0.120. The monoisotopic (exact) mass is 436 g/mol. The van der Waals surface area contributed by atoms with E-state index in [-0.39, 0.29) is 24.7 Å². The second-order valence-corrected chi connectivity index (χ2v) is 7.91. The number of nitrogens with zero attached hydrogens (tertiary/aromatic N) is 2. The summed E-state index contributed by atoms with van der Waals surface area (Å²) in [5, 5.41) is 0.486. The van der Waals surface area contributed by atoms with Gasteiger partial charge in [0.15, 0.2) is 12.3 Å². The Kier molecular flexibility index (Phi) is 8.53. The van der Waals surface area contributed by atoms with Gasteiger partial charge in [0.25, 0.3) is 11.5 Å². The van der Waals surface area contributed by atoms with Crippen molar-refractivity contribution in [1.29, 1.82) is 0 Å². The molecule has 0 fully saturated rings. The maximum atomic E-state index is 13.0. The van der Waals surface area contributed by atoms with Gasteiger partial charge in [-0.2, -0.15) is 0 Å². The molecule has 30 heavy (non-hydrogen) atoms. The average molecular weight is 437 g/mol. The molecule has 164 valence electrons. The number of unbranched alkanes of at least 4 members (excludes halogenated alkanes) is 1. The van der Waals surface area contributed by atoms with Crippen LogP contribution in [0.5, 0.6) is 5.75 Å². The highest BCUT2D eigenvalue weighted by atomic mass is 35.5. The van der Waals surface area contributed by atoms with Crippen molar-refractivity contribution in [2.45, 2.75) is 46.6 Å². The third-order valence-corrected chi connectivity index (χ3v) is 4.84. The van der Waals surface area contributed by atoms with E-state index in [4.69, 9.17) is 22.1 Å². The van der Waals surface area contributed by atoms with E-state index in [9.17, 15) is 14.4 Å². The number of H-pyrrole nitrogens is 1. The minimum Gasteiger partial charge on any atom is -0.484 e. The van der Waals surface area contributed by atoms with Crippen LogP contribution in [-0.4, -0.2) is 28.6 Å². The first kappa shape index (κ1) is 23.5. The van der Waals surface area contributed by atoms with Gasteiger partial charge in [0, 0.05) is 18.1 Å². The van der Waals surface area contributed by atoms with Gasteiger partial charge in [-0.15, -0.1) is 0 Å². The topological polar surface area (TPSA) is 110 Å². The largest absolute Gasteiger partial charge is 0.484 e. The second-order valence-electron chi connectivity index (χ2n) is 7.47. The van der Waals surface area contributed by atoms with Crippen LogP contribution < -0.4 is 26.6 Å². The van der Waals surface area contributed by atoms with E-state index in [0.717, 1.165) is 6.42 Å². The third-order valence-electron chi connectivity index (χ3n) is 4.61. The molecular formula is C21H29ClN4O4. The van der Waals surface area contributed by atoms with Crippen molar-refractivity contribution in [2.75, 3.05) is 23.8 Å². The minimum absolute atomic E-state index is 0.0166. The lowest BCUT2D eigenvalue weighted by Crippen LogP contribution is -2.43. The van der Waals surface area contributed by atoms with Crippen LogP contribution in [0.2, 0.25) is 5.02 Å². The van der Waals surface area contributed by atoms with E-state index in [1.54, 1.807) is 24.3 Å². The van der Waals surface area contributed by atoms with Crippen LogP contribution in [0.25, 0.3) is 0 Å². The van der Waals surface area contributed by atoms with E-state index < -0.39 is 17.2 Å². The average Bonchev–Trinajstić information content (AvgIpc) is 2.68. The van der Waals surface area contributed by atoms with E-state index in [0.29, 0.717) is 36.1 Å². The molecule has 1 aromatic carbocycles. The fourth-order valence-electron chi connectivity index (χ4n) is 2.90. The highest BCUT2D eigenvalue weighted by molar-refractivity contribution is 6.30. The predicted octanol–water partition coefficient (Wildman–Crippen LogP) is 3.03. The standard InChI is InChI=1S/C21H29ClN4O4/c1-4-5-10-26-19(23)18(20(28)24-21(26)29)25(11-9-14(2)3)17(27)13-30-16-8-6-7-15(22)12-16/h6-8,12,14H,4-5,9-11,13,23H2,1-3H3,(H,24,28,29). The van der Waals surface area contributed by atoms with Crippen LogP contribution in [0.1, 0.15) is 40.0 Å². The van der Waals surface area contributed by atoms with Crippen LogP contribution >= 0.6 is 11.6 Å². The van der Waals surface area contributed by atoms with Crippen LogP contribution in [0.3, 0.4) is 0 Å². The Morgan fingerprint density at radius 3 is 2.70 bits per heavy atom. The van der Waals surface area contributed by atoms with Crippen molar-refractivity contribution < 1.29 is 9.53 Å². The molecule has 1 amide bonds. The summed E-state index contributed by atoms with van der Waals surface area (Å²) < 4.78 is 6.86. The fraction of sp³-hybridized carbons (Fsp3) is 0.476. The maximum absolute atomic E-state index is 13.0. The van der Waals surface area contributed by atoms with Crippen LogP contribution in [0.4, 0.5) is 11.5 Å². The number of carbonyl (C=O) groups is 1. The Bertz CT molecular complexity index is 984. The summed E-state index contributed by atoms with van der Waals surface area (Å²) in [5.41, 5.74) is 4.89. The van der Waals surface area contributed by atoms with Crippen molar-refractivity contribution in [3.05, 3.63) is 50.1 Å². The summed E-state index contributed by atoms with van der Waals surface area (Å²) in [6.07, 6.45) is 2.22. The molecule has 2 rings (SSSR count). The molecule has 0 radical (unpaired) electrons. The molecule has 0 aliphatic heterocycles. The first-order valence-electron chi connectivity index (χ1n) is 10.1. The number of nitrogens with two attached hydrogens (primary N) is 1. The van der Waals surface area contributed by atoms with E-state index in [1.165, 1.54) is 9.47 Å². The number of aromatic nitrogens is 2. The van der Waals surface area contributed by atoms with Gasteiger partial charge in [0.1, 0.15) is 11.6 Å². The van der Waals surface area contributed by atoms with Gasteiger partial charge in [-0.25, -0.2) is 4.79 Å². The lowest BCUT2D eigenvalue weighted by atomic mass is 10.1. The predicted molar refractivity (Wildman–Crippen MR) is 119 cm³/mol. The Balaban J connectivity index is 2.37. The Morgan fingerprint density at radius 2 is 2.07 bits per heavy atom. The maximum Gasteiger partial charge on any atom is 0.330 e. The molecule has 0 spiro atoms. The van der Waals surface area contributed by atoms with E-state index in [1.807, 2.05) is 20.8 Å². The normalized spacial score (nSPS) is 11.0. The molecule has 2 aromatic rings. The van der Waals surface area contributed by atoms with Gasteiger partial charge >= 0.3 is 5.69 Å². The molecule has 3 N–H and O–H groups in total. The Labute approximate surface area is 180 Å². The Hall–Kier alpha value is -2.74. The number of rotatable bonds is 10. The third kappa shape index (κ3) is 6.13. The lowest BCUT2D eigenvalue weighted by Gasteiger charge is -2.25. The molecule has 1 aromatic heterocycles. The summed E-state index contributed by atoms with van der Waals surface area (Å²) in [4.78, 5) is 41.4. The number of aromatic amines is 1. The quantitative estimate of drug-likeness (QED) is 0.594. The summed E-state index contributed by atoms with van der Waals surface area (Å²) >= 11 is 5.95. The molecule has 8 nitrogen and oxygen atoms in total. The Morgan fingerprint density at radius 1 is 1.33 bits per heavy atom. The zero-order valence-corrected chi connectivity index (χ0v) is 18.4. The van der Waals surface area contributed by atoms with Crippen LogP contribution in [-0.2, 0) is 11.3 Å². The first-order chi connectivity index (χ1) is 14.2. The molecular weight excluding hydrogens is 408 g/mol. The number of amides is 1. The van der Waals surface area contributed by atoms with Crippen molar-refractivity contribution in [1.82, 2.24) is 9.55 Å². The van der Waals surface area contributed by atoms with Crippen LogP contribution in [0.15, 0.2) is 33.9 Å². The van der Waals surface area contributed by atoms with Gasteiger partial charge in [0.2, 0.25) is 0 Å². The molecule has 9 heteroatoms. The smallest absolute Gasteiger partial charge is 0.330 e. The highest BCUT2D eigenvalue weighted by Gasteiger charge is 2.24. The summed E-state index contributed by atoms with van der Waals surface area (Å²) in [6.45, 7) is 6.34. The zero-order chi connectivity index (χ0) is 22.3. The molecule has 0 aliphatic carbocycles. The minimum atomic E-state index is -0.690. The summed E-state index contributed by atoms with van der Waals surface area (Å²) in [7, 11) is 0. The van der Waals surface area contributed by atoms with Crippen molar-refractivity contribution in [3.8, 4) is 5.75 Å². The number of hydrogen-bond acceptors (Lipinski definition) is 5. The SMILES string of the molecule is CCCCn1c(N)c(N(CCC(C)C)C(=O)COc2cccc(Cl)c2)c(=O)[nH]c1=O. The fourth-order valence-corrected chi connectivity index (χ4v) is 3.08. The molecule has 0 saturated heterocycles. The molecule has 0 atom stereocenters. The number of hydrogen-bond donors (Lipinski definition) is 2. The number of anilines is 2. The molecule has 0 unspecified atom stereocenters. The molecule has 0 aliphatic rings. The van der Waals surface area contributed by atoms with E-state index in [2.05, 4.69) is 4.98 Å². The number of carbonyl (C=O) groups excluding carboxylic acids is 1. The second kappa shape index (κ2) is 10.9. The summed E-state index contributed by atoms with van der Waals surface area (Å²) in [5.74, 6) is 0.278. The van der Waals surface area contributed by atoms with Gasteiger partial charge in [-0.3, -0.25) is 19.1 Å².